The molecule has 4 aromatic carbocycles. The summed E-state index contributed by atoms with van der Waals surface area (Å²) in [5, 5.41) is 5.36. The summed E-state index contributed by atoms with van der Waals surface area (Å²) in [4.78, 5) is 39.4. The van der Waals surface area contributed by atoms with Crippen LogP contribution in [-0.2, 0) is 4.79 Å². The number of hydrogen-bond acceptors (Lipinski definition) is 5. The number of amides is 2. The van der Waals surface area contributed by atoms with Crippen LogP contribution in [0.2, 0.25) is 5.02 Å². The number of nitrogens with one attached hydrogen (secondary N) is 2. The number of methoxy groups -OCH3 is 1. The minimum Gasteiger partial charge on any atom is -0.497 e. The largest absolute Gasteiger partial charge is 0.497 e. The molecule has 9 heteroatoms. The van der Waals surface area contributed by atoms with Gasteiger partial charge in [0.05, 0.1) is 17.9 Å². The molecular formula is C31H24ClFN2O4S. The van der Waals surface area contributed by atoms with Gasteiger partial charge in [0.2, 0.25) is 0 Å². The summed E-state index contributed by atoms with van der Waals surface area (Å²) in [6, 6.07) is 26.3. The van der Waals surface area contributed by atoms with Crippen molar-refractivity contribution in [2.24, 2.45) is 0 Å². The van der Waals surface area contributed by atoms with Gasteiger partial charge in [0, 0.05) is 27.3 Å². The van der Waals surface area contributed by atoms with Crippen LogP contribution in [0, 0.1) is 5.82 Å². The van der Waals surface area contributed by atoms with Crippen molar-refractivity contribution < 1.29 is 23.5 Å². The molecule has 0 atom stereocenters. The highest BCUT2D eigenvalue weighted by Crippen LogP contribution is 2.24. The van der Waals surface area contributed by atoms with Crippen molar-refractivity contribution in [2.45, 2.75) is 4.90 Å². The second-order valence-corrected chi connectivity index (χ2v) is 9.89. The molecule has 0 spiro atoms. The van der Waals surface area contributed by atoms with Crippen LogP contribution in [0.25, 0.3) is 6.08 Å². The lowest BCUT2D eigenvalue weighted by molar-refractivity contribution is -0.113. The molecule has 40 heavy (non-hydrogen) atoms. The van der Waals surface area contributed by atoms with Gasteiger partial charge in [-0.25, -0.2) is 4.39 Å². The number of thioether (sulfide) groups is 1. The minimum absolute atomic E-state index is 0.0323. The molecule has 0 heterocycles. The van der Waals surface area contributed by atoms with Crippen molar-refractivity contribution in [2.75, 3.05) is 18.2 Å². The van der Waals surface area contributed by atoms with Crippen LogP contribution in [0.1, 0.15) is 26.3 Å². The van der Waals surface area contributed by atoms with Gasteiger partial charge in [-0.1, -0.05) is 48.0 Å². The van der Waals surface area contributed by atoms with Gasteiger partial charge in [-0.3, -0.25) is 14.4 Å². The Hall–Kier alpha value is -4.40. The van der Waals surface area contributed by atoms with Crippen molar-refractivity contribution in [3.63, 3.8) is 0 Å². The second-order valence-electron chi connectivity index (χ2n) is 8.44. The Kier molecular flexibility index (Phi) is 9.72. The van der Waals surface area contributed by atoms with Gasteiger partial charge in [0.25, 0.3) is 11.8 Å². The zero-order valence-electron chi connectivity index (χ0n) is 21.3. The molecule has 0 saturated carbocycles. The number of Topliss-reactive ketones (excluding diaryl/α,β-unsaturated/α-hetero) is 1. The smallest absolute Gasteiger partial charge is 0.272 e. The van der Waals surface area contributed by atoms with E-state index in [4.69, 9.17) is 16.3 Å². The zero-order valence-corrected chi connectivity index (χ0v) is 22.9. The van der Waals surface area contributed by atoms with Crippen LogP contribution < -0.4 is 15.4 Å². The lowest BCUT2D eigenvalue weighted by Crippen LogP contribution is -2.30. The number of ether oxygens (including phenoxy) is 1. The third-order valence-corrected chi connectivity index (χ3v) is 7.03. The lowest BCUT2D eigenvalue weighted by Gasteiger charge is -2.12. The van der Waals surface area contributed by atoms with E-state index in [9.17, 15) is 18.8 Å². The maximum Gasteiger partial charge on any atom is 0.272 e. The Morgan fingerprint density at radius 3 is 2.30 bits per heavy atom. The van der Waals surface area contributed by atoms with E-state index >= 15 is 0 Å². The molecule has 4 aromatic rings. The highest BCUT2D eigenvalue weighted by atomic mass is 35.5. The Morgan fingerprint density at radius 1 is 0.900 bits per heavy atom. The van der Waals surface area contributed by atoms with E-state index in [1.54, 1.807) is 86.0 Å². The molecule has 6 nitrogen and oxygen atoms in total. The molecule has 0 aliphatic carbocycles. The molecular weight excluding hydrogens is 551 g/mol. The van der Waals surface area contributed by atoms with Crippen LogP contribution in [-0.4, -0.2) is 30.5 Å². The van der Waals surface area contributed by atoms with Crippen LogP contribution in [0.5, 0.6) is 5.75 Å². The molecule has 0 radical (unpaired) electrons. The Bertz CT molecular complexity index is 1540. The molecule has 0 aliphatic heterocycles. The van der Waals surface area contributed by atoms with Crippen molar-refractivity contribution in [1.29, 1.82) is 0 Å². The summed E-state index contributed by atoms with van der Waals surface area (Å²) in [5.41, 5.74) is 1.10. The topological polar surface area (TPSA) is 84.5 Å². The molecule has 4 rings (SSSR count). The predicted octanol–water partition coefficient (Wildman–Crippen LogP) is 6.87. The number of halogens is 2. The van der Waals surface area contributed by atoms with Crippen molar-refractivity contribution in [1.82, 2.24) is 5.32 Å². The van der Waals surface area contributed by atoms with E-state index in [1.807, 2.05) is 0 Å². The highest BCUT2D eigenvalue weighted by molar-refractivity contribution is 8.00. The number of rotatable bonds is 10. The molecule has 0 unspecified atom stereocenters. The SMILES string of the molecule is COc1cccc(C(=O)CSc2ccc(NC(=O)/C(=C/c3c(F)cccc3Cl)NC(=O)c3ccccc3)cc2)c1. The fourth-order valence-electron chi connectivity index (χ4n) is 3.60. The fraction of sp³-hybridized carbons (Fsp3) is 0.0645. The zero-order chi connectivity index (χ0) is 28.5. The lowest BCUT2D eigenvalue weighted by atomic mass is 10.1. The Morgan fingerprint density at radius 2 is 1.60 bits per heavy atom. The van der Waals surface area contributed by atoms with E-state index in [0.717, 1.165) is 4.90 Å². The summed E-state index contributed by atoms with van der Waals surface area (Å²) >= 11 is 7.51. The van der Waals surface area contributed by atoms with E-state index in [2.05, 4.69) is 10.6 Å². The van der Waals surface area contributed by atoms with Crippen LogP contribution in [0.4, 0.5) is 10.1 Å². The van der Waals surface area contributed by atoms with Gasteiger partial charge in [-0.15, -0.1) is 11.8 Å². The molecule has 0 aromatic heterocycles. The van der Waals surface area contributed by atoms with E-state index < -0.39 is 17.6 Å². The molecule has 2 amide bonds. The number of carbonyl (C=O) groups excluding carboxylic acids is 3. The maximum absolute atomic E-state index is 14.5. The number of hydrogen-bond donors (Lipinski definition) is 2. The summed E-state index contributed by atoms with van der Waals surface area (Å²) in [7, 11) is 1.55. The van der Waals surface area contributed by atoms with Gasteiger partial charge in [0.15, 0.2) is 5.78 Å². The average Bonchev–Trinajstić information content (AvgIpc) is 2.98. The molecule has 202 valence electrons. The van der Waals surface area contributed by atoms with Gasteiger partial charge in [-0.05, 0) is 66.7 Å². The standard InChI is InChI=1S/C31H24ClFN2O4S/c1-39-23-10-5-9-21(17-23)29(36)19-40-24-15-13-22(14-16-24)34-31(38)28(18-25-26(32)11-6-12-27(25)33)35-30(37)20-7-3-2-4-8-20/h2-18H,19H2,1H3,(H,34,38)(H,35,37)/b28-18-. The quantitative estimate of drug-likeness (QED) is 0.123. The second kappa shape index (κ2) is 13.6. The molecule has 0 fully saturated rings. The van der Waals surface area contributed by atoms with E-state index in [-0.39, 0.29) is 27.8 Å². The average molecular weight is 575 g/mol. The number of anilines is 1. The molecule has 0 saturated heterocycles. The van der Waals surface area contributed by atoms with Gasteiger partial charge < -0.3 is 15.4 Å². The summed E-state index contributed by atoms with van der Waals surface area (Å²) in [6.45, 7) is 0. The van der Waals surface area contributed by atoms with Crippen molar-refractivity contribution in [3.8, 4) is 5.75 Å². The third-order valence-electron chi connectivity index (χ3n) is 5.69. The molecule has 0 bridgehead atoms. The highest BCUT2D eigenvalue weighted by Gasteiger charge is 2.17. The molecule has 0 aliphatic rings. The first-order valence-corrected chi connectivity index (χ1v) is 13.4. The Balaban J connectivity index is 1.47. The van der Waals surface area contributed by atoms with Gasteiger partial charge in [-0.2, -0.15) is 0 Å². The first kappa shape index (κ1) is 28.6. The monoisotopic (exact) mass is 574 g/mol. The molecule has 2 N–H and O–H groups in total. The third kappa shape index (κ3) is 7.59. The van der Waals surface area contributed by atoms with Crippen LogP contribution >= 0.6 is 23.4 Å². The fourth-order valence-corrected chi connectivity index (χ4v) is 4.61. The summed E-state index contributed by atoms with van der Waals surface area (Å²) in [5.74, 6) is -1.06. The van der Waals surface area contributed by atoms with Crippen molar-refractivity contribution >= 4 is 52.7 Å². The minimum atomic E-state index is -0.669. The normalized spacial score (nSPS) is 11.0. The number of ketones is 1. The van der Waals surface area contributed by atoms with Gasteiger partial charge >= 0.3 is 0 Å². The maximum atomic E-state index is 14.5. The summed E-state index contributed by atoms with van der Waals surface area (Å²) in [6.07, 6.45) is 1.20. The van der Waals surface area contributed by atoms with Crippen LogP contribution in [0.3, 0.4) is 0 Å². The van der Waals surface area contributed by atoms with Crippen LogP contribution in [0.15, 0.2) is 108 Å². The predicted molar refractivity (Wildman–Crippen MR) is 156 cm³/mol. The van der Waals surface area contributed by atoms with Crippen molar-refractivity contribution in [3.05, 3.63) is 130 Å². The first-order valence-electron chi connectivity index (χ1n) is 12.1. The van der Waals surface area contributed by atoms with E-state index in [1.165, 1.54) is 36.0 Å². The Labute approximate surface area is 240 Å². The summed E-state index contributed by atoms with van der Waals surface area (Å²) < 4.78 is 19.6. The number of benzene rings is 4. The first-order chi connectivity index (χ1) is 19.3. The number of carbonyl (C=O) groups is 3. The van der Waals surface area contributed by atoms with E-state index in [0.29, 0.717) is 22.6 Å². The van der Waals surface area contributed by atoms with Gasteiger partial charge in [0.1, 0.15) is 17.3 Å².